The van der Waals surface area contributed by atoms with Crippen LogP contribution >= 0.6 is 11.6 Å². The fraction of sp³-hybridized carbons (Fsp3) is 0.0909. The molecule has 0 saturated carbocycles. The van der Waals surface area contributed by atoms with Crippen molar-refractivity contribution in [1.29, 1.82) is 0 Å². The van der Waals surface area contributed by atoms with Crippen molar-refractivity contribution < 1.29 is 4.39 Å². The zero-order chi connectivity index (χ0) is 10.8. The SMILES string of the molecule is Cc1ccc(-c2ccc(Cl)c(F)c2)nn1. The summed E-state index contributed by atoms with van der Waals surface area (Å²) >= 11 is 5.58. The van der Waals surface area contributed by atoms with E-state index in [1.807, 2.05) is 13.0 Å². The number of hydrogen-bond donors (Lipinski definition) is 0. The number of aromatic nitrogens is 2. The van der Waals surface area contributed by atoms with E-state index in [-0.39, 0.29) is 5.02 Å². The summed E-state index contributed by atoms with van der Waals surface area (Å²) in [7, 11) is 0. The molecular formula is C11H8ClFN2. The Bertz CT molecular complexity index is 482. The molecule has 1 heterocycles. The highest BCUT2D eigenvalue weighted by atomic mass is 35.5. The van der Waals surface area contributed by atoms with E-state index in [0.717, 1.165) is 5.69 Å². The number of hydrogen-bond acceptors (Lipinski definition) is 2. The quantitative estimate of drug-likeness (QED) is 0.740. The molecule has 0 unspecified atom stereocenters. The minimum Gasteiger partial charge on any atom is -0.205 e. The molecule has 0 aliphatic heterocycles. The van der Waals surface area contributed by atoms with Gasteiger partial charge in [0, 0.05) is 5.56 Å². The Morgan fingerprint density at radius 2 is 1.93 bits per heavy atom. The van der Waals surface area contributed by atoms with Gasteiger partial charge in [0.05, 0.1) is 16.4 Å². The largest absolute Gasteiger partial charge is 0.205 e. The van der Waals surface area contributed by atoms with Crippen LogP contribution in [0, 0.1) is 12.7 Å². The van der Waals surface area contributed by atoms with Crippen LogP contribution in [0.1, 0.15) is 5.69 Å². The van der Waals surface area contributed by atoms with Crippen molar-refractivity contribution in [2.24, 2.45) is 0 Å². The third-order valence-electron chi connectivity index (χ3n) is 2.01. The zero-order valence-electron chi connectivity index (χ0n) is 8.04. The Morgan fingerprint density at radius 1 is 1.13 bits per heavy atom. The van der Waals surface area contributed by atoms with Gasteiger partial charge in [-0.2, -0.15) is 10.2 Å². The Balaban J connectivity index is 2.45. The monoisotopic (exact) mass is 222 g/mol. The molecule has 0 aliphatic rings. The molecule has 0 amide bonds. The van der Waals surface area contributed by atoms with E-state index in [2.05, 4.69) is 10.2 Å². The lowest BCUT2D eigenvalue weighted by Gasteiger charge is -2.01. The van der Waals surface area contributed by atoms with Crippen LogP contribution in [0.25, 0.3) is 11.3 Å². The van der Waals surface area contributed by atoms with Crippen LogP contribution < -0.4 is 0 Å². The second kappa shape index (κ2) is 3.95. The summed E-state index contributed by atoms with van der Waals surface area (Å²) in [5.41, 5.74) is 2.13. The summed E-state index contributed by atoms with van der Waals surface area (Å²) < 4.78 is 13.2. The Hall–Kier alpha value is -1.48. The molecule has 4 heteroatoms. The maximum atomic E-state index is 13.2. The van der Waals surface area contributed by atoms with E-state index in [1.54, 1.807) is 12.1 Å². The van der Waals surface area contributed by atoms with Crippen molar-refractivity contribution in [2.45, 2.75) is 6.92 Å². The normalized spacial score (nSPS) is 10.3. The van der Waals surface area contributed by atoms with Gasteiger partial charge < -0.3 is 0 Å². The van der Waals surface area contributed by atoms with Gasteiger partial charge in [0.2, 0.25) is 0 Å². The summed E-state index contributed by atoms with van der Waals surface area (Å²) in [6.45, 7) is 1.85. The van der Waals surface area contributed by atoms with Crippen LogP contribution in [0.2, 0.25) is 5.02 Å². The molecule has 15 heavy (non-hydrogen) atoms. The van der Waals surface area contributed by atoms with Gasteiger partial charge >= 0.3 is 0 Å². The van der Waals surface area contributed by atoms with Gasteiger partial charge in [-0.3, -0.25) is 0 Å². The van der Waals surface area contributed by atoms with Crippen molar-refractivity contribution in [3.05, 3.63) is 46.9 Å². The van der Waals surface area contributed by atoms with Gasteiger partial charge in [-0.15, -0.1) is 0 Å². The number of rotatable bonds is 1. The van der Waals surface area contributed by atoms with Crippen LogP contribution in [0.4, 0.5) is 4.39 Å². The Morgan fingerprint density at radius 3 is 2.53 bits per heavy atom. The molecule has 0 aliphatic carbocycles. The molecule has 0 bridgehead atoms. The van der Waals surface area contributed by atoms with E-state index in [4.69, 9.17) is 11.6 Å². The molecule has 1 aromatic carbocycles. The van der Waals surface area contributed by atoms with Crippen LogP contribution in [0.15, 0.2) is 30.3 Å². The summed E-state index contributed by atoms with van der Waals surface area (Å²) in [6, 6.07) is 8.19. The fourth-order valence-electron chi connectivity index (χ4n) is 1.21. The van der Waals surface area contributed by atoms with Crippen molar-refractivity contribution in [3.8, 4) is 11.3 Å². The second-order valence-corrected chi connectivity index (χ2v) is 3.60. The first-order valence-electron chi connectivity index (χ1n) is 4.42. The highest BCUT2D eigenvalue weighted by molar-refractivity contribution is 6.30. The lowest BCUT2D eigenvalue weighted by Crippen LogP contribution is -1.90. The summed E-state index contributed by atoms with van der Waals surface area (Å²) in [5, 5.41) is 7.97. The van der Waals surface area contributed by atoms with Gasteiger partial charge in [-0.05, 0) is 31.2 Å². The predicted molar refractivity (Wildman–Crippen MR) is 57.2 cm³/mol. The van der Waals surface area contributed by atoms with Crippen LogP contribution in [0.5, 0.6) is 0 Å². The predicted octanol–water partition coefficient (Wildman–Crippen LogP) is 3.24. The maximum Gasteiger partial charge on any atom is 0.142 e. The topological polar surface area (TPSA) is 25.8 Å². The minimum atomic E-state index is -0.448. The summed E-state index contributed by atoms with van der Waals surface area (Å²) in [6.07, 6.45) is 0. The average molecular weight is 223 g/mol. The molecule has 0 atom stereocenters. The first kappa shape index (κ1) is 10.1. The lowest BCUT2D eigenvalue weighted by atomic mass is 10.1. The van der Waals surface area contributed by atoms with Gasteiger partial charge in [0.25, 0.3) is 0 Å². The molecule has 76 valence electrons. The highest BCUT2D eigenvalue weighted by Crippen LogP contribution is 2.22. The van der Waals surface area contributed by atoms with E-state index in [9.17, 15) is 4.39 Å². The van der Waals surface area contributed by atoms with Crippen LogP contribution in [-0.4, -0.2) is 10.2 Å². The Labute approximate surface area is 91.7 Å². The number of aryl methyl sites for hydroxylation is 1. The number of halogens is 2. The van der Waals surface area contributed by atoms with Gasteiger partial charge in [-0.25, -0.2) is 4.39 Å². The van der Waals surface area contributed by atoms with Crippen molar-refractivity contribution in [2.75, 3.05) is 0 Å². The fourth-order valence-corrected chi connectivity index (χ4v) is 1.33. The van der Waals surface area contributed by atoms with E-state index >= 15 is 0 Å². The first-order chi connectivity index (χ1) is 7.16. The molecule has 0 spiro atoms. The van der Waals surface area contributed by atoms with Gasteiger partial charge in [0.15, 0.2) is 0 Å². The van der Waals surface area contributed by atoms with Crippen LogP contribution in [-0.2, 0) is 0 Å². The summed E-state index contributed by atoms with van der Waals surface area (Å²) in [5.74, 6) is -0.448. The highest BCUT2D eigenvalue weighted by Gasteiger charge is 2.04. The van der Waals surface area contributed by atoms with Gasteiger partial charge in [-0.1, -0.05) is 17.7 Å². The van der Waals surface area contributed by atoms with E-state index in [1.165, 1.54) is 12.1 Å². The van der Waals surface area contributed by atoms with Gasteiger partial charge in [0.1, 0.15) is 5.82 Å². The van der Waals surface area contributed by atoms with Crippen molar-refractivity contribution >= 4 is 11.6 Å². The van der Waals surface area contributed by atoms with E-state index in [0.29, 0.717) is 11.3 Å². The standard InChI is InChI=1S/C11H8ClFN2/c1-7-2-5-11(15-14-7)8-3-4-9(12)10(13)6-8/h2-6H,1H3. The Kier molecular flexibility index (Phi) is 2.64. The third-order valence-corrected chi connectivity index (χ3v) is 2.32. The second-order valence-electron chi connectivity index (χ2n) is 3.19. The zero-order valence-corrected chi connectivity index (χ0v) is 8.79. The van der Waals surface area contributed by atoms with Crippen molar-refractivity contribution in [3.63, 3.8) is 0 Å². The number of nitrogens with zero attached hydrogens (tertiary/aromatic N) is 2. The first-order valence-corrected chi connectivity index (χ1v) is 4.80. The average Bonchev–Trinajstić information content (AvgIpc) is 2.23. The smallest absolute Gasteiger partial charge is 0.142 e. The molecule has 0 radical (unpaired) electrons. The summed E-state index contributed by atoms with van der Waals surface area (Å²) in [4.78, 5) is 0. The lowest BCUT2D eigenvalue weighted by molar-refractivity contribution is 0.628. The third kappa shape index (κ3) is 2.13. The minimum absolute atomic E-state index is 0.110. The molecule has 2 rings (SSSR count). The molecule has 2 nitrogen and oxygen atoms in total. The molecule has 2 aromatic rings. The van der Waals surface area contributed by atoms with E-state index < -0.39 is 5.82 Å². The van der Waals surface area contributed by atoms with Crippen molar-refractivity contribution in [1.82, 2.24) is 10.2 Å². The van der Waals surface area contributed by atoms with Crippen LogP contribution in [0.3, 0.4) is 0 Å². The molecule has 0 N–H and O–H groups in total. The molecule has 1 aromatic heterocycles. The molecular weight excluding hydrogens is 215 g/mol. The molecule has 0 fully saturated rings. The maximum absolute atomic E-state index is 13.2. The molecule has 0 saturated heterocycles. The number of benzene rings is 1.